The molecule has 0 aromatic heterocycles. The molecule has 19 heavy (non-hydrogen) atoms. The van der Waals surface area contributed by atoms with Gasteiger partial charge in [0.2, 0.25) is 0 Å². The van der Waals surface area contributed by atoms with Gasteiger partial charge in [-0.2, -0.15) is 0 Å². The maximum Gasteiger partial charge on any atom is 0.306 e. The van der Waals surface area contributed by atoms with Crippen LogP contribution < -0.4 is 0 Å². The minimum absolute atomic E-state index is 0.366. The van der Waals surface area contributed by atoms with Gasteiger partial charge in [-0.25, -0.2) is 0 Å². The summed E-state index contributed by atoms with van der Waals surface area (Å²) >= 11 is 0. The molecule has 0 spiro atoms. The predicted molar refractivity (Wildman–Crippen MR) is 76.3 cm³/mol. The van der Waals surface area contributed by atoms with Gasteiger partial charge in [0.05, 0.1) is 5.92 Å². The quantitative estimate of drug-likeness (QED) is 0.733. The molecule has 0 aliphatic carbocycles. The molecular weight excluding hydrogens is 240 g/mol. The van der Waals surface area contributed by atoms with E-state index < -0.39 is 5.97 Å². The minimum Gasteiger partial charge on any atom is -0.481 e. The Balaban J connectivity index is 2.44. The van der Waals surface area contributed by atoms with Crippen LogP contribution in [0.1, 0.15) is 31.4 Å². The van der Waals surface area contributed by atoms with E-state index in [0.717, 1.165) is 5.56 Å². The van der Waals surface area contributed by atoms with Crippen molar-refractivity contribution in [3.63, 3.8) is 0 Å². The van der Waals surface area contributed by atoms with Crippen LogP contribution in [0.3, 0.4) is 0 Å². The first-order chi connectivity index (χ1) is 8.99. The van der Waals surface area contributed by atoms with Gasteiger partial charge in [-0.3, -0.25) is 4.79 Å². The average molecular weight is 264 g/mol. The summed E-state index contributed by atoms with van der Waals surface area (Å²) in [7, 11) is 0. The third-order valence-electron chi connectivity index (χ3n) is 3.01. The Bertz CT molecular complexity index is 381. The zero-order valence-corrected chi connectivity index (χ0v) is 12.1. The maximum atomic E-state index is 11.2. The fourth-order valence-electron chi connectivity index (χ4n) is 1.87. The SMILES string of the molecule is Cc1ccc(CC(CCOCC(C)C)C(=O)O)cc1. The first-order valence-corrected chi connectivity index (χ1v) is 6.85. The number of rotatable bonds is 8. The van der Waals surface area contributed by atoms with E-state index in [9.17, 15) is 9.90 Å². The van der Waals surface area contributed by atoms with Crippen molar-refractivity contribution in [2.45, 2.75) is 33.6 Å². The third kappa shape index (κ3) is 6.39. The number of aliphatic carboxylic acids is 1. The molecule has 0 heterocycles. The van der Waals surface area contributed by atoms with Gasteiger partial charge in [-0.1, -0.05) is 43.7 Å². The van der Waals surface area contributed by atoms with Gasteiger partial charge in [-0.05, 0) is 31.2 Å². The molecule has 1 aromatic carbocycles. The molecule has 0 amide bonds. The van der Waals surface area contributed by atoms with E-state index in [1.165, 1.54) is 5.56 Å². The molecule has 0 bridgehead atoms. The summed E-state index contributed by atoms with van der Waals surface area (Å²) in [4.78, 5) is 11.2. The fourth-order valence-corrected chi connectivity index (χ4v) is 1.87. The molecule has 0 saturated carbocycles. The van der Waals surface area contributed by atoms with E-state index in [0.29, 0.717) is 32.0 Å². The number of carboxylic acids is 1. The number of ether oxygens (including phenoxy) is 1. The summed E-state index contributed by atoms with van der Waals surface area (Å²) in [5, 5.41) is 9.24. The summed E-state index contributed by atoms with van der Waals surface area (Å²) < 4.78 is 5.47. The van der Waals surface area contributed by atoms with Crippen molar-refractivity contribution in [3.8, 4) is 0 Å². The lowest BCUT2D eigenvalue weighted by Crippen LogP contribution is -2.19. The Kier molecular flexibility index (Phi) is 6.57. The van der Waals surface area contributed by atoms with Crippen LogP contribution in [0.2, 0.25) is 0 Å². The summed E-state index contributed by atoms with van der Waals surface area (Å²) in [5.41, 5.74) is 2.26. The van der Waals surface area contributed by atoms with Crippen molar-refractivity contribution >= 4 is 5.97 Å². The van der Waals surface area contributed by atoms with Gasteiger partial charge in [0, 0.05) is 13.2 Å². The van der Waals surface area contributed by atoms with Crippen molar-refractivity contribution in [2.75, 3.05) is 13.2 Å². The summed E-state index contributed by atoms with van der Waals surface area (Å²) in [6.45, 7) is 7.40. The smallest absolute Gasteiger partial charge is 0.306 e. The van der Waals surface area contributed by atoms with Gasteiger partial charge >= 0.3 is 5.97 Å². The van der Waals surface area contributed by atoms with E-state index in [1.807, 2.05) is 31.2 Å². The molecule has 0 saturated heterocycles. The van der Waals surface area contributed by atoms with Crippen LogP contribution in [0.5, 0.6) is 0 Å². The van der Waals surface area contributed by atoms with Crippen LogP contribution in [0, 0.1) is 18.8 Å². The molecule has 1 rings (SSSR count). The highest BCUT2D eigenvalue weighted by Gasteiger charge is 2.17. The average Bonchev–Trinajstić information content (AvgIpc) is 2.35. The Labute approximate surface area is 115 Å². The number of hydrogen-bond acceptors (Lipinski definition) is 2. The van der Waals surface area contributed by atoms with Gasteiger partial charge in [0.25, 0.3) is 0 Å². The lowest BCUT2D eigenvalue weighted by Gasteiger charge is -2.13. The van der Waals surface area contributed by atoms with Crippen LogP contribution in [0.4, 0.5) is 0 Å². The second kappa shape index (κ2) is 7.95. The molecular formula is C16H24O3. The van der Waals surface area contributed by atoms with E-state index in [1.54, 1.807) is 0 Å². The molecule has 1 atom stereocenters. The zero-order chi connectivity index (χ0) is 14.3. The Morgan fingerprint density at radius 1 is 1.26 bits per heavy atom. The number of hydrogen-bond donors (Lipinski definition) is 1. The molecule has 1 N–H and O–H groups in total. The highest BCUT2D eigenvalue weighted by Crippen LogP contribution is 2.14. The molecule has 3 nitrogen and oxygen atoms in total. The topological polar surface area (TPSA) is 46.5 Å². The van der Waals surface area contributed by atoms with Crippen molar-refractivity contribution in [1.82, 2.24) is 0 Å². The highest BCUT2D eigenvalue weighted by atomic mass is 16.5. The molecule has 3 heteroatoms. The van der Waals surface area contributed by atoms with Crippen molar-refractivity contribution in [3.05, 3.63) is 35.4 Å². The zero-order valence-electron chi connectivity index (χ0n) is 12.1. The van der Waals surface area contributed by atoms with Crippen LogP contribution in [-0.2, 0) is 16.0 Å². The number of carboxylic acid groups (broad SMARTS) is 1. The van der Waals surface area contributed by atoms with Crippen LogP contribution >= 0.6 is 0 Å². The number of carbonyl (C=O) groups is 1. The number of benzene rings is 1. The molecule has 0 aliphatic heterocycles. The van der Waals surface area contributed by atoms with E-state index in [2.05, 4.69) is 13.8 Å². The Hall–Kier alpha value is -1.35. The van der Waals surface area contributed by atoms with Gasteiger partial charge in [0.1, 0.15) is 0 Å². The third-order valence-corrected chi connectivity index (χ3v) is 3.01. The second-order valence-corrected chi connectivity index (χ2v) is 5.48. The largest absolute Gasteiger partial charge is 0.481 e. The van der Waals surface area contributed by atoms with Gasteiger partial charge in [-0.15, -0.1) is 0 Å². The minimum atomic E-state index is -0.742. The molecule has 0 fully saturated rings. The molecule has 1 unspecified atom stereocenters. The first kappa shape index (κ1) is 15.7. The van der Waals surface area contributed by atoms with Crippen LogP contribution in [0.25, 0.3) is 0 Å². The lowest BCUT2D eigenvalue weighted by molar-refractivity contribution is -0.142. The molecule has 1 aromatic rings. The molecule has 0 radical (unpaired) electrons. The van der Waals surface area contributed by atoms with Gasteiger partial charge < -0.3 is 9.84 Å². The molecule has 106 valence electrons. The Morgan fingerprint density at radius 2 is 1.89 bits per heavy atom. The van der Waals surface area contributed by atoms with Crippen LogP contribution in [-0.4, -0.2) is 24.3 Å². The van der Waals surface area contributed by atoms with Gasteiger partial charge in [0.15, 0.2) is 0 Å². The van der Waals surface area contributed by atoms with Crippen molar-refractivity contribution < 1.29 is 14.6 Å². The van der Waals surface area contributed by atoms with Crippen LogP contribution in [0.15, 0.2) is 24.3 Å². The summed E-state index contributed by atoms with van der Waals surface area (Å²) in [6, 6.07) is 8.04. The number of aryl methyl sites for hydroxylation is 1. The van der Waals surface area contributed by atoms with Crippen molar-refractivity contribution in [2.24, 2.45) is 11.8 Å². The first-order valence-electron chi connectivity index (χ1n) is 6.85. The normalized spacial score (nSPS) is 12.6. The lowest BCUT2D eigenvalue weighted by atomic mass is 9.96. The maximum absolute atomic E-state index is 11.2. The van der Waals surface area contributed by atoms with E-state index in [4.69, 9.17) is 4.74 Å². The second-order valence-electron chi connectivity index (χ2n) is 5.48. The fraction of sp³-hybridized carbons (Fsp3) is 0.562. The molecule has 0 aliphatic rings. The summed E-state index contributed by atoms with van der Waals surface area (Å²) in [5.74, 6) is -0.621. The monoisotopic (exact) mass is 264 g/mol. The highest BCUT2D eigenvalue weighted by molar-refractivity contribution is 5.70. The van der Waals surface area contributed by atoms with Crippen molar-refractivity contribution in [1.29, 1.82) is 0 Å². The van der Waals surface area contributed by atoms with E-state index >= 15 is 0 Å². The predicted octanol–water partition coefficient (Wildman–Crippen LogP) is 3.30. The summed E-state index contributed by atoms with van der Waals surface area (Å²) in [6.07, 6.45) is 1.14. The Morgan fingerprint density at radius 3 is 2.42 bits per heavy atom. The van der Waals surface area contributed by atoms with E-state index in [-0.39, 0.29) is 5.92 Å². The standard InChI is InChI=1S/C16H24O3/c1-12(2)11-19-9-8-15(16(17)18)10-14-6-4-13(3)5-7-14/h4-7,12,15H,8-11H2,1-3H3,(H,17,18).